The maximum Gasteiger partial charge on any atom is 0.295 e. The molecule has 34 heavy (non-hydrogen) atoms. The molecule has 0 radical (unpaired) electrons. The number of amidine groups is 1. The monoisotopic (exact) mass is 460 g/mol. The molecular weight excluding hydrogens is 435 g/mol. The number of benzene rings is 2. The van der Waals surface area contributed by atoms with Crippen molar-refractivity contribution in [3.05, 3.63) is 83.2 Å². The number of halogens is 1. The first kappa shape index (κ1) is 21.9. The highest BCUT2D eigenvalue weighted by molar-refractivity contribution is 6.06. The Balaban J connectivity index is 1.50. The minimum atomic E-state index is -1.39. The third-order valence-electron chi connectivity index (χ3n) is 6.26. The number of fused-ring (bicyclic) bond motifs is 1. The second-order valence-corrected chi connectivity index (χ2v) is 8.49. The van der Waals surface area contributed by atoms with Crippen molar-refractivity contribution >= 4 is 17.7 Å². The molecular formula is C26H25FN4O3. The van der Waals surface area contributed by atoms with Gasteiger partial charge in [-0.3, -0.25) is 4.79 Å². The van der Waals surface area contributed by atoms with Gasteiger partial charge in [0.2, 0.25) is 5.78 Å². The van der Waals surface area contributed by atoms with Crippen LogP contribution in [0.15, 0.2) is 65.7 Å². The number of nitrogens with zero attached hydrogens (tertiary/aromatic N) is 4. The van der Waals surface area contributed by atoms with Crippen LogP contribution in [0.4, 0.5) is 4.39 Å². The molecule has 8 heteroatoms. The van der Waals surface area contributed by atoms with E-state index in [1.807, 2.05) is 46.9 Å². The summed E-state index contributed by atoms with van der Waals surface area (Å²) in [5.41, 5.74) is 2.89. The Labute approximate surface area is 197 Å². The lowest BCUT2D eigenvalue weighted by Gasteiger charge is -2.38. The molecule has 2 aromatic carbocycles. The number of hydrogen-bond acceptors (Lipinski definition) is 6. The first-order chi connectivity index (χ1) is 16.4. The number of carbonyl (C=O) groups is 1. The molecule has 0 amide bonds. The lowest BCUT2D eigenvalue weighted by Crippen LogP contribution is -2.53. The minimum absolute atomic E-state index is 0.208. The Morgan fingerprint density at radius 3 is 2.71 bits per heavy atom. The molecule has 1 fully saturated rings. The summed E-state index contributed by atoms with van der Waals surface area (Å²) in [6, 6.07) is 11.8. The summed E-state index contributed by atoms with van der Waals surface area (Å²) in [6.45, 7) is 4.02. The highest BCUT2D eigenvalue weighted by atomic mass is 19.1. The van der Waals surface area contributed by atoms with Gasteiger partial charge < -0.3 is 19.0 Å². The minimum Gasteiger partial charge on any atom is -0.495 e. The Morgan fingerprint density at radius 1 is 1.24 bits per heavy atom. The van der Waals surface area contributed by atoms with Crippen LogP contribution in [0.2, 0.25) is 0 Å². The highest BCUT2D eigenvalue weighted by Gasteiger charge is 2.53. The van der Waals surface area contributed by atoms with E-state index in [2.05, 4.69) is 10.1 Å². The standard InChI is InChI=1S/C26H25FN4O3/c1-17-15-30(16-28-17)23-11-6-19(14-24(23)33-3)13-20-5-4-12-31-25(20)29-34-26(31,18(2)32)21-7-9-22(27)10-8-21/h6-11,13-16H,4-5,12H2,1-3H3/b20-13+. The summed E-state index contributed by atoms with van der Waals surface area (Å²) >= 11 is 0. The van der Waals surface area contributed by atoms with E-state index < -0.39 is 5.72 Å². The van der Waals surface area contributed by atoms with Gasteiger partial charge in [0.25, 0.3) is 5.72 Å². The van der Waals surface area contributed by atoms with Gasteiger partial charge in [-0.05, 0) is 73.4 Å². The average Bonchev–Trinajstić information content (AvgIpc) is 3.44. The van der Waals surface area contributed by atoms with E-state index in [9.17, 15) is 9.18 Å². The Kier molecular flexibility index (Phi) is 5.43. The molecule has 0 aliphatic carbocycles. The third kappa shape index (κ3) is 3.55. The molecule has 174 valence electrons. The van der Waals surface area contributed by atoms with Gasteiger partial charge in [0.05, 0.1) is 24.8 Å². The van der Waals surface area contributed by atoms with Crippen molar-refractivity contribution in [2.24, 2.45) is 5.16 Å². The Morgan fingerprint density at radius 2 is 2.03 bits per heavy atom. The van der Waals surface area contributed by atoms with Gasteiger partial charge in [-0.1, -0.05) is 11.2 Å². The largest absolute Gasteiger partial charge is 0.495 e. The summed E-state index contributed by atoms with van der Waals surface area (Å²) in [4.78, 5) is 24.9. The predicted octanol–water partition coefficient (Wildman–Crippen LogP) is 4.59. The zero-order valence-corrected chi connectivity index (χ0v) is 19.3. The number of piperidine rings is 1. The van der Waals surface area contributed by atoms with Crippen LogP contribution in [0.25, 0.3) is 11.8 Å². The highest BCUT2D eigenvalue weighted by Crippen LogP contribution is 2.41. The Hall–Kier alpha value is -3.94. The van der Waals surface area contributed by atoms with Gasteiger partial charge in [0, 0.05) is 25.2 Å². The van der Waals surface area contributed by atoms with Crippen LogP contribution in [0.3, 0.4) is 0 Å². The van der Waals surface area contributed by atoms with Crippen molar-refractivity contribution in [3.63, 3.8) is 0 Å². The van der Waals surface area contributed by atoms with E-state index in [-0.39, 0.29) is 11.6 Å². The third-order valence-corrected chi connectivity index (χ3v) is 6.26. The molecule has 0 spiro atoms. The molecule has 7 nitrogen and oxygen atoms in total. The van der Waals surface area contributed by atoms with Crippen LogP contribution in [0, 0.1) is 12.7 Å². The Bertz CT molecular complexity index is 1310. The van der Waals surface area contributed by atoms with Gasteiger partial charge in [-0.2, -0.15) is 0 Å². The van der Waals surface area contributed by atoms with Gasteiger partial charge in [0.15, 0.2) is 5.84 Å². The molecule has 3 heterocycles. The number of ketones is 1. The number of oxime groups is 1. The van der Waals surface area contributed by atoms with E-state index in [0.29, 0.717) is 23.7 Å². The summed E-state index contributed by atoms with van der Waals surface area (Å²) in [7, 11) is 1.64. The quantitative estimate of drug-likeness (QED) is 0.557. The first-order valence-electron chi connectivity index (χ1n) is 11.1. The van der Waals surface area contributed by atoms with E-state index in [0.717, 1.165) is 35.4 Å². The van der Waals surface area contributed by atoms with Gasteiger partial charge in [0.1, 0.15) is 11.6 Å². The molecule has 0 bridgehead atoms. The topological polar surface area (TPSA) is 69.0 Å². The number of carbonyl (C=O) groups excluding carboxylic acids is 1. The van der Waals surface area contributed by atoms with Gasteiger partial charge >= 0.3 is 0 Å². The second kappa shape index (κ2) is 8.44. The van der Waals surface area contributed by atoms with Crippen LogP contribution in [-0.4, -0.2) is 39.7 Å². The smallest absolute Gasteiger partial charge is 0.295 e. The normalized spacial score (nSPS) is 20.6. The average molecular weight is 461 g/mol. The molecule has 1 unspecified atom stereocenters. The molecule has 1 aromatic heterocycles. The summed E-state index contributed by atoms with van der Waals surface area (Å²) in [5, 5.41) is 4.34. The summed E-state index contributed by atoms with van der Waals surface area (Å²) in [6.07, 6.45) is 7.36. The number of methoxy groups -OCH3 is 1. The van der Waals surface area contributed by atoms with E-state index >= 15 is 0 Å². The summed E-state index contributed by atoms with van der Waals surface area (Å²) < 4.78 is 21.1. The zero-order valence-electron chi connectivity index (χ0n) is 19.3. The van der Waals surface area contributed by atoms with Crippen LogP contribution >= 0.6 is 0 Å². The van der Waals surface area contributed by atoms with E-state index in [1.165, 1.54) is 19.1 Å². The predicted molar refractivity (Wildman–Crippen MR) is 126 cm³/mol. The SMILES string of the molecule is COc1cc(/C=C2\CCCN3C2=NOC3(C(C)=O)c2ccc(F)cc2)ccc1-n1cnc(C)c1. The molecule has 0 N–H and O–H groups in total. The number of hydrogen-bond donors (Lipinski definition) is 0. The van der Waals surface area contributed by atoms with Crippen molar-refractivity contribution in [2.75, 3.05) is 13.7 Å². The van der Waals surface area contributed by atoms with Crippen LogP contribution in [0.5, 0.6) is 5.75 Å². The summed E-state index contributed by atoms with van der Waals surface area (Å²) in [5.74, 6) is 0.761. The van der Waals surface area contributed by atoms with Crippen molar-refractivity contribution in [1.82, 2.24) is 14.5 Å². The molecule has 2 aliphatic rings. The number of aryl methyl sites for hydroxylation is 1. The van der Waals surface area contributed by atoms with Crippen LogP contribution in [-0.2, 0) is 15.4 Å². The van der Waals surface area contributed by atoms with E-state index in [1.54, 1.807) is 25.6 Å². The van der Waals surface area contributed by atoms with Gasteiger partial charge in [-0.25, -0.2) is 9.37 Å². The molecule has 5 rings (SSSR count). The molecule has 1 atom stereocenters. The second-order valence-electron chi connectivity index (χ2n) is 8.49. The van der Waals surface area contributed by atoms with Crippen molar-refractivity contribution in [2.45, 2.75) is 32.4 Å². The number of rotatable bonds is 5. The number of ether oxygens (including phenoxy) is 1. The molecule has 0 saturated carbocycles. The number of imidazole rings is 1. The van der Waals surface area contributed by atoms with E-state index in [4.69, 9.17) is 9.57 Å². The lowest BCUT2D eigenvalue weighted by molar-refractivity contribution is -0.159. The number of Topliss-reactive ketones (excluding diaryl/α,β-unsaturated/α-hetero) is 1. The maximum atomic E-state index is 13.5. The zero-order chi connectivity index (χ0) is 23.9. The van der Waals surface area contributed by atoms with Crippen LogP contribution < -0.4 is 4.74 Å². The fourth-order valence-electron chi connectivity index (χ4n) is 4.62. The number of aromatic nitrogens is 2. The lowest BCUT2D eigenvalue weighted by atomic mass is 9.92. The van der Waals surface area contributed by atoms with Crippen LogP contribution in [0.1, 0.15) is 36.6 Å². The van der Waals surface area contributed by atoms with Crippen molar-refractivity contribution in [1.29, 1.82) is 0 Å². The maximum absolute atomic E-state index is 13.5. The van der Waals surface area contributed by atoms with Gasteiger partial charge in [-0.15, -0.1) is 0 Å². The first-order valence-corrected chi connectivity index (χ1v) is 11.1. The molecule has 2 aliphatic heterocycles. The molecule has 1 saturated heterocycles. The van der Waals surface area contributed by atoms with Crippen molar-refractivity contribution in [3.8, 4) is 11.4 Å². The fourth-order valence-corrected chi connectivity index (χ4v) is 4.62. The fraction of sp³-hybridized carbons (Fsp3) is 0.269. The van der Waals surface area contributed by atoms with Crippen molar-refractivity contribution < 1.29 is 18.8 Å². The molecule has 3 aromatic rings.